The topological polar surface area (TPSA) is 47.4 Å². The molecule has 1 aliphatic rings. The Bertz CT molecular complexity index is 655. The van der Waals surface area contributed by atoms with Gasteiger partial charge in [-0.3, -0.25) is 4.79 Å². The van der Waals surface area contributed by atoms with E-state index in [-0.39, 0.29) is 18.1 Å². The van der Waals surface area contributed by atoms with Crippen LogP contribution in [0.2, 0.25) is 0 Å². The zero-order valence-corrected chi connectivity index (χ0v) is 12.7. The monoisotopic (exact) mass is 287 g/mol. The Balaban J connectivity index is 1.81. The third-order valence-electron chi connectivity index (χ3n) is 3.91. The van der Waals surface area contributed by atoms with Crippen molar-refractivity contribution in [3.8, 4) is 0 Å². The van der Waals surface area contributed by atoms with Gasteiger partial charge in [0.2, 0.25) is 5.91 Å². The molecule has 0 N–H and O–H groups in total. The molecular weight excluding hydrogens is 266 g/mol. The second-order valence-electron chi connectivity index (χ2n) is 5.79. The highest BCUT2D eigenvalue weighted by molar-refractivity contribution is 5.81. The van der Waals surface area contributed by atoms with E-state index in [1.807, 2.05) is 54.5 Å². The van der Waals surface area contributed by atoms with Crippen molar-refractivity contribution in [2.24, 2.45) is 0 Å². The SMILES string of the molecule is Cc1nc2ccccc2n1CC(=O)N1C[C@@H](C)O[C@@H](C)C1. The number of carbonyl (C=O) groups is 1. The van der Waals surface area contributed by atoms with E-state index in [2.05, 4.69) is 4.98 Å². The van der Waals surface area contributed by atoms with Gasteiger partial charge >= 0.3 is 0 Å². The van der Waals surface area contributed by atoms with Crippen molar-refractivity contribution in [3.63, 3.8) is 0 Å². The minimum atomic E-state index is 0.0957. The Kier molecular flexibility index (Phi) is 3.68. The summed E-state index contributed by atoms with van der Waals surface area (Å²) in [5.74, 6) is 1.00. The van der Waals surface area contributed by atoms with Crippen LogP contribution in [-0.4, -0.2) is 45.7 Å². The summed E-state index contributed by atoms with van der Waals surface area (Å²) in [6, 6.07) is 7.92. The molecule has 2 atom stereocenters. The molecule has 1 aromatic heterocycles. The average molecular weight is 287 g/mol. The smallest absolute Gasteiger partial charge is 0.242 e. The molecule has 5 nitrogen and oxygen atoms in total. The molecule has 112 valence electrons. The zero-order valence-electron chi connectivity index (χ0n) is 12.7. The lowest BCUT2D eigenvalue weighted by Crippen LogP contribution is -2.49. The molecule has 1 saturated heterocycles. The number of hydrogen-bond donors (Lipinski definition) is 0. The van der Waals surface area contributed by atoms with Crippen LogP contribution in [-0.2, 0) is 16.1 Å². The maximum atomic E-state index is 12.6. The van der Waals surface area contributed by atoms with Crippen LogP contribution in [0.3, 0.4) is 0 Å². The number of carbonyl (C=O) groups excluding carboxylic acids is 1. The van der Waals surface area contributed by atoms with Crippen LogP contribution in [0.15, 0.2) is 24.3 Å². The number of morpholine rings is 1. The molecule has 3 rings (SSSR count). The third kappa shape index (κ3) is 2.78. The van der Waals surface area contributed by atoms with Gasteiger partial charge in [0.1, 0.15) is 12.4 Å². The predicted molar refractivity (Wildman–Crippen MR) is 81.1 cm³/mol. The number of imidazole rings is 1. The molecule has 0 radical (unpaired) electrons. The normalized spacial score (nSPS) is 22.7. The Labute approximate surface area is 124 Å². The van der Waals surface area contributed by atoms with Gasteiger partial charge in [0, 0.05) is 13.1 Å². The molecule has 2 aromatic rings. The predicted octanol–water partition coefficient (Wildman–Crippen LogP) is 1.98. The van der Waals surface area contributed by atoms with Crippen LogP contribution < -0.4 is 0 Å². The number of hydrogen-bond acceptors (Lipinski definition) is 3. The van der Waals surface area contributed by atoms with Crippen LogP contribution in [0.4, 0.5) is 0 Å². The van der Waals surface area contributed by atoms with Gasteiger partial charge in [-0.2, -0.15) is 0 Å². The number of nitrogens with zero attached hydrogens (tertiary/aromatic N) is 3. The van der Waals surface area contributed by atoms with E-state index in [0.29, 0.717) is 19.6 Å². The van der Waals surface area contributed by atoms with Crippen LogP contribution in [0, 0.1) is 6.92 Å². The van der Waals surface area contributed by atoms with Crippen molar-refractivity contribution in [1.29, 1.82) is 0 Å². The first-order valence-corrected chi connectivity index (χ1v) is 7.39. The summed E-state index contributed by atoms with van der Waals surface area (Å²) in [5, 5.41) is 0. The van der Waals surface area contributed by atoms with Crippen LogP contribution >= 0.6 is 0 Å². The number of rotatable bonds is 2. The van der Waals surface area contributed by atoms with Crippen LogP contribution in [0.5, 0.6) is 0 Å². The number of fused-ring (bicyclic) bond motifs is 1. The molecule has 1 aliphatic heterocycles. The molecule has 21 heavy (non-hydrogen) atoms. The maximum Gasteiger partial charge on any atom is 0.242 e. The molecule has 0 saturated carbocycles. The molecular formula is C16H21N3O2. The van der Waals surface area contributed by atoms with Gasteiger partial charge < -0.3 is 14.2 Å². The van der Waals surface area contributed by atoms with Crippen molar-refractivity contribution in [2.45, 2.75) is 39.5 Å². The third-order valence-corrected chi connectivity index (χ3v) is 3.91. The minimum Gasteiger partial charge on any atom is -0.372 e. The maximum absolute atomic E-state index is 12.6. The van der Waals surface area contributed by atoms with E-state index in [4.69, 9.17) is 4.74 Å². The lowest BCUT2D eigenvalue weighted by molar-refractivity contribution is -0.143. The van der Waals surface area contributed by atoms with Gasteiger partial charge in [0.15, 0.2) is 0 Å². The summed E-state index contributed by atoms with van der Waals surface area (Å²) in [6.07, 6.45) is 0.191. The highest BCUT2D eigenvalue weighted by atomic mass is 16.5. The number of benzene rings is 1. The number of ether oxygens (including phenoxy) is 1. The van der Waals surface area contributed by atoms with E-state index >= 15 is 0 Å². The molecule has 2 heterocycles. The van der Waals surface area contributed by atoms with Gasteiger partial charge in [-0.25, -0.2) is 4.98 Å². The Morgan fingerprint density at radius 1 is 1.29 bits per heavy atom. The Morgan fingerprint density at radius 2 is 1.95 bits per heavy atom. The highest BCUT2D eigenvalue weighted by Gasteiger charge is 2.26. The lowest BCUT2D eigenvalue weighted by atomic mass is 10.2. The van der Waals surface area contributed by atoms with Gasteiger partial charge in [-0.05, 0) is 32.9 Å². The zero-order chi connectivity index (χ0) is 15.0. The lowest BCUT2D eigenvalue weighted by Gasteiger charge is -2.35. The molecule has 0 aliphatic carbocycles. The Morgan fingerprint density at radius 3 is 2.67 bits per heavy atom. The largest absolute Gasteiger partial charge is 0.372 e. The van der Waals surface area contributed by atoms with E-state index in [1.54, 1.807) is 0 Å². The summed E-state index contributed by atoms with van der Waals surface area (Å²) in [7, 11) is 0. The van der Waals surface area contributed by atoms with Crippen LogP contribution in [0.1, 0.15) is 19.7 Å². The molecule has 1 fully saturated rings. The van der Waals surface area contributed by atoms with Crippen molar-refractivity contribution < 1.29 is 9.53 Å². The van der Waals surface area contributed by atoms with Crippen LogP contribution in [0.25, 0.3) is 11.0 Å². The summed E-state index contributed by atoms with van der Waals surface area (Å²) in [6.45, 7) is 7.62. The van der Waals surface area contributed by atoms with E-state index in [1.165, 1.54) is 0 Å². The van der Waals surface area contributed by atoms with Gasteiger partial charge in [-0.1, -0.05) is 12.1 Å². The highest BCUT2D eigenvalue weighted by Crippen LogP contribution is 2.17. The first kappa shape index (κ1) is 14.1. The summed E-state index contributed by atoms with van der Waals surface area (Å²) >= 11 is 0. The number of amides is 1. The van der Waals surface area contributed by atoms with E-state index in [0.717, 1.165) is 16.9 Å². The van der Waals surface area contributed by atoms with Crippen molar-refractivity contribution in [3.05, 3.63) is 30.1 Å². The number of aryl methyl sites for hydroxylation is 1. The second kappa shape index (κ2) is 5.48. The summed E-state index contributed by atoms with van der Waals surface area (Å²) < 4.78 is 7.67. The Hall–Kier alpha value is -1.88. The summed E-state index contributed by atoms with van der Waals surface area (Å²) in [5.41, 5.74) is 1.95. The molecule has 5 heteroatoms. The first-order chi connectivity index (χ1) is 10.0. The fraction of sp³-hybridized carbons (Fsp3) is 0.500. The quantitative estimate of drug-likeness (QED) is 0.848. The van der Waals surface area contributed by atoms with Crippen molar-refractivity contribution in [1.82, 2.24) is 14.5 Å². The molecule has 0 unspecified atom stereocenters. The van der Waals surface area contributed by atoms with E-state index < -0.39 is 0 Å². The molecule has 1 aromatic carbocycles. The number of aromatic nitrogens is 2. The first-order valence-electron chi connectivity index (χ1n) is 7.39. The minimum absolute atomic E-state index is 0.0957. The molecule has 1 amide bonds. The number of para-hydroxylation sites is 2. The summed E-state index contributed by atoms with van der Waals surface area (Å²) in [4.78, 5) is 19.0. The average Bonchev–Trinajstić information content (AvgIpc) is 2.74. The fourth-order valence-corrected chi connectivity index (χ4v) is 3.01. The van der Waals surface area contributed by atoms with Gasteiger partial charge in [0.25, 0.3) is 0 Å². The fourth-order valence-electron chi connectivity index (χ4n) is 3.01. The molecule has 0 bridgehead atoms. The van der Waals surface area contributed by atoms with Gasteiger partial charge in [0.05, 0.1) is 23.2 Å². The van der Waals surface area contributed by atoms with Gasteiger partial charge in [-0.15, -0.1) is 0 Å². The standard InChI is InChI=1S/C16H21N3O2/c1-11-8-18(9-12(2)21-11)16(20)10-19-13(3)17-14-6-4-5-7-15(14)19/h4-7,11-12H,8-10H2,1-3H3/t11-,12+. The van der Waals surface area contributed by atoms with Crippen molar-refractivity contribution >= 4 is 16.9 Å². The van der Waals surface area contributed by atoms with E-state index in [9.17, 15) is 4.79 Å². The second-order valence-corrected chi connectivity index (χ2v) is 5.79. The van der Waals surface area contributed by atoms with Crippen molar-refractivity contribution in [2.75, 3.05) is 13.1 Å². The molecule has 0 spiro atoms.